The number of nitrogens with zero attached hydrogens (tertiary/aromatic N) is 3. The first kappa shape index (κ1) is 35.8. The molecule has 8 nitrogen and oxygen atoms in total. The van der Waals surface area contributed by atoms with Crippen molar-refractivity contribution in [3.05, 3.63) is 56.8 Å². The number of halogens is 9. The predicted molar refractivity (Wildman–Crippen MR) is 164 cm³/mol. The summed E-state index contributed by atoms with van der Waals surface area (Å²) in [7, 11) is 1.65. The van der Waals surface area contributed by atoms with Gasteiger partial charge < -0.3 is 24.8 Å². The molecule has 48 heavy (non-hydrogen) atoms. The van der Waals surface area contributed by atoms with Crippen LogP contribution in [0.15, 0.2) is 24.3 Å². The highest BCUT2D eigenvalue weighted by Crippen LogP contribution is 2.38. The third kappa shape index (κ3) is 8.21. The lowest BCUT2D eigenvalue weighted by atomic mass is 9.85. The van der Waals surface area contributed by atoms with E-state index in [0.717, 1.165) is 4.90 Å². The van der Waals surface area contributed by atoms with E-state index in [4.69, 9.17) is 27.9 Å². The Morgan fingerprint density at radius 1 is 1.12 bits per heavy atom. The number of carbonyl (C=O) groups is 2. The molecule has 3 aromatic rings. The highest BCUT2D eigenvalue weighted by Gasteiger charge is 2.42. The first-order valence-corrected chi connectivity index (χ1v) is 15.9. The number of rotatable bonds is 9. The second-order valence-electron chi connectivity index (χ2n) is 12.1. The van der Waals surface area contributed by atoms with Crippen molar-refractivity contribution in [2.24, 2.45) is 13.0 Å². The molecule has 1 saturated heterocycles. The summed E-state index contributed by atoms with van der Waals surface area (Å²) in [4.78, 5) is 31.4. The Labute approximate surface area is 280 Å². The van der Waals surface area contributed by atoms with Crippen LogP contribution in [0.4, 0.5) is 35.5 Å². The minimum atomic E-state index is -4.31. The van der Waals surface area contributed by atoms with E-state index >= 15 is 0 Å². The van der Waals surface area contributed by atoms with Gasteiger partial charge in [0, 0.05) is 50.1 Å². The summed E-state index contributed by atoms with van der Waals surface area (Å²) in [5.74, 6) is -4.80. The van der Waals surface area contributed by atoms with Crippen LogP contribution in [0.25, 0.3) is 11.0 Å². The Balaban J connectivity index is 1.36. The molecular weight excluding hydrogens is 694 g/mol. The molecule has 2 aliphatic rings. The van der Waals surface area contributed by atoms with Crippen LogP contribution >= 0.6 is 23.2 Å². The molecule has 0 unspecified atom stereocenters. The molecule has 2 aromatic carbocycles. The topological polar surface area (TPSA) is 88.5 Å². The van der Waals surface area contributed by atoms with Crippen molar-refractivity contribution in [3.8, 4) is 5.75 Å². The number of hydrogen-bond donors (Lipinski definition) is 2. The number of urea groups is 1. The van der Waals surface area contributed by atoms with Gasteiger partial charge in [-0.2, -0.15) is 13.2 Å². The Hall–Kier alpha value is -3.46. The molecule has 1 aliphatic heterocycles. The van der Waals surface area contributed by atoms with Crippen molar-refractivity contribution in [1.29, 1.82) is 0 Å². The van der Waals surface area contributed by atoms with Gasteiger partial charge in [0.15, 0.2) is 0 Å². The zero-order valence-electron chi connectivity index (χ0n) is 25.6. The quantitative estimate of drug-likeness (QED) is 0.224. The number of alkyl halides is 7. The molecule has 17 heteroatoms. The second kappa shape index (κ2) is 14.2. The average Bonchev–Trinajstić information content (AvgIpc) is 3.54. The van der Waals surface area contributed by atoms with Crippen LogP contribution in [-0.4, -0.2) is 70.7 Å². The summed E-state index contributed by atoms with van der Waals surface area (Å²) in [6.07, 6.45) is -7.55. The number of hydrogen-bond acceptors (Lipinski definition) is 4. The van der Waals surface area contributed by atoms with E-state index in [1.165, 1.54) is 12.1 Å². The van der Waals surface area contributed by atoms with Gasteiger partial charge in [-0.3, -0.25) is 4.79 Å². The maximum atomic E-state index is 13.5. The number of imidazole rings is 1. The van der Waals surface area contributed by atoms with Crippen LogP contribution in [0.2, 0.25) is 10.0 Å². The lowest BCUT2D eigenvalue weighted by Crippen LogP contribution is -2.40. The average molecular weight is 727 g/mol. The molecule has 0 spiro atoms. The number of ether oxygens (including phenoxy) is 1. The highest BCUT2D eigenvalue weighted by molar-refractivity contribution is 6.36. The molecule has 0 radical (unpaired) electrons. The number of fused-ring (bicyclic) bond motifs is 1. The molecule has 1 saturated carbocycles. The highest BCUT2D eigenvalue weighted by atomic mass is 35.5. The number of carbonyl (C=O) groups excluding carboxylic acids is 2. The Morgan fingerprint density at radius 2 is 1.83 bits per heavy atom. The van der Waals surface area contributed by atoms with Gasteiger partial charge in [-0.1, -0.05) is 29.3 Å². The van der Waals surface area contributed by atoms with Gasteiger partial charge in [-0.15, -0.1) is 0 Å². The summed E-state index contributed by atoms with van der Waals surface area (Å²) >= 11 is 13.2. The molecule has 2 fully saturated rings. The van der Waals surface area contributed by atoms with E-state index in [2.05, 4.69) is 15.6 Å². The number of aryl methyl sites for hydroxylation is 1. The molecule has 2 N–H and O–H groups in total. The fourth-order valence-corrected chi connectivity index (χ4v) is 6.57. The van der Waals surface area contributed by atoms with Crippen LogP contribution in [0.1, 0.15) is 59.4 Å². The minimum absolute atomic E-state index is 0.0619. The molecular formula is C31H32Cl2F7N5O3. The molecule has 1 aliphatic carbocycles. The monoisotopic (exact) mass is 725 g/mol. The van der Waals surface area contributed by atoms with Crippen molar-refractivity contribution in [3.63, 3.8) is 0 Å². The second-order valence-corrected chi connectivity index (χ2v) is 12.8. The number of amides is 3. The van der Waals surface area contributed by atoms with Crippen LogP contribution < -0.4 is 15.4 Å². The van der Waals surface area contributed by atoms with Crippen LogP contribution in [0.5, 0.6) is 5.75 Å². The predicted octanol–water partition coefficient (Wildman–Crippen LogP) is 7.52. The van der Waals surface area contributed by atoms with Crippen molar-refractivity contribution in [2.75, 3.05) is 19.7 Å². The van der Waals surface area contributed by atoms with Crippen molar-refractivity contribution >= 4 is 46.2 Å². The SMILES string of the molecule is Cn1c(Cc2c(Cl)ccc(CNC(=O)N3CCC(F)(F)C3)c2Cl)nc2cc(C(=O)NC3CCC(C(F)(F)F)CC3)c(OCC(F)F)cc21. The molecule has 3 amide bonds. The van der Waals surface area contributed by atoms with Gasteiger partial charge >= 0.3 is 12.2 Å². The lowest BCUT2D eigenvalue weighted by molar-refractivity contribution is -0.182. The number of benzene rings is 2. The maximum absolute atomic E-state index is 13.5. The molecule has 5 rings (SSSR count). The molecule has 2 heterocycles. The van der Waals surface area contributed by atoms with E-state index in [-0.39, 0.29) is 66.6 Å². The summed E-state index contributed by atoms with van der Waals surface area (Å²) in [5.41, 5.74) is 1.55. The fourth-order valence-electron chi connectivity index (χ4n) is 6.00. The largest absolute Gasteiger partial charge is 0.487 e. The third-order valence-electron chi connectivity index (χ3n) is 8.70. The lowest BCUT2D eigenvalue weighted by Gasteiger charge is -2.30. The van der Waals surface area contributed by atoms with Gasteiger partial charge in [0.1, 0.15) is 18.2 Å². The van der Waals surface area contributed by atoms with Crippen LogP contribution in [0, 0.1) is 5.92 Å². The van der Waals surface area contributed by atoms with Gasteiger partial charge in [0.05, 0.1) is 34.1 Å². The van der Waals surface area contributed by atoms with Gasteiger partial charge in [-0.05, 0) is 48.9 Å². The third-order valence-corrected chi connectivity index (χ3v) is 9.52. The molecule has 262 valence electrons. The standard InChI is InChI=1S/C31H32Cl2F7N5O3/c1-44-23-12-24(48-14-25(34)35)20(28(46)42-18-5-3-17(4-6-18)31(38,39)40)10-22(23)43-26(44)11-19-21(32)7-2-16(27(19)33)13-41-29(47)45-9-8-30(36,37)15-45/h2,7,10,12,17-18,25H,3-6,8-9,11,13-15H2,1H3,(H,41,47)(H,42,46). The van der Waals surface area contributed by atoms with Gasteiger partial charge in [0.25, 0.3) is 18.3 Å². The fraction of sp³-hybridized carbons (Fsp3) is 0.516. The summed E-state index contributed by atoms with van der Waals surface area (Å²) in [5, 5.41) is 5.80. The molecule has 1 aromatic heterocycles. The maximum Gasteiger partial charge on any atom is 0.391 e. The molecule has 0 atom stereocenters. The number of likely N-dealkylation sites (tertiary alicyclic amines) is 1. The molecule has 0 bridgehead atoms. The van der Waals surface area contributed by atoms with Crippen molar-refractivity contribution < 1.29 is 45.1 Å². The first-order chi connectivity index (χ1) is 22.5. The number of aromatic nitrogens is 2. The van der Waals surface area contributed by atoms with Crippen LogP contribution in [-0.2, 0) is 20.0 Å². The minimum Gasteiger partial charge on any atom is -0.487 e. The Morgan fingerprint density at radius 3 is 2.46 bits per heavy atom. The summed E-state index contributed by atoms with van der Waals surface area (Å²) < 4.78 is 99.5. The smallest absolute Gasteiger partial charge is 0.391 e. The zero-order valence-corrected chi connectivity index (χ0v) is 27.1. The summed E-state index contributed by atoms with van der Waals surface area (Å²) in [6.45, 7) is -1.81. The Kier molecular flexibility index (Phi) is 10.6. The van der Waals surface area contributed by atoms with E-state index in [9.17, 15) is 40.3 Å². The number of nitrogens with one attached hydrogen (secondary N) is 2. The van der Waals surface area contributed by atoms with Gasteiger partial charge in [0.2, 0.25) is 0 Å². The first-order valence-electron chi connectivity index (χ1n) is 15.2. The summed E-state index contributed by atoms with van der Waals surface area (Å²) in [6, 6.07) is 4.72. The van der Waals surface area contributed by atoms with E-state index < -0.39 is 62.0 Å². The van der Waals surface area contributed by atoms with E-state index in [0.29, 0.717) is 28.0 Å². The normalized spacial score (nSPS) is 19.6. The van der Waals surface area contributed by atoms with E-state index in [1.807, 2.05) is 0 Å². The Bertz CT molecular complexity index is 1680. The van der Waals surface area contributed by atoms with Crippen molar-refractivity contribution in [1.82, 2.24) is 25.1 Å². The van der Waals surface area contributed by atoms with E-state index in [1.54, 1.807) is 23.7 Å². The zero-order chi connectivity index (χ0) is 35.0. The van der Waals surface area contributed by atoms with Crippen molar-refractivity contribution in [2.45, 2.75) is 69.6 Å². The van der Waals surface area contributed by atoms with Crippen LogP contribution in [0.3, 0.4) is 0 Å². The van der Waals surface area contributed by atoms with Gasteiger partial charge in [-0.25, -0.2) is 27.3 Å².